The Morgan fingerprint density at radius 3 is 3.08 bits per heavy atom. The van der Waals surface area contributed by atoms with Gasteiger partial charge in [0.2, 0.25) is 0 Å². The van der Waals surface area contributed by atoms with Gasteiger partial charge in [0.15, 0.2) is 0 Å². The summed E-state index contributed by atoms with van der Waals surface area (Å²) in [5.41, 5.74) is 0. The van der Waals surface area contributed by atoms with Crippen molar-refractivity contribution in [3.05, 3.63) is 36.8 Å². The van der Waals surface area contributed by atoms with Gasteiger partial charge in [-0.1, -0.05) is 6.08 Å². The SMILES string of the molecule is C=CCOC(CO)c1ccco1. The average molecular weight is 168 g/mol. The van der Waals surface area contributed by atoms with Gasteiger partial charge in [0.25, 0.3) is 0 Å². The number of ether oxygens (including phenoxy) is 1. The topological polar surface area (TPSA) is 42.6 Å². The molecule has 1 atom stereocenters. The maximum Gasteiger partial charge on any atom is 0.138 e. The molecule has 66 valence electrons. The van der Waals surface area contributed by atoms with E-state index in [2.05, 4.69) is 6.58 Å². The molecule has 1 aromatic rings. The Labute approximate surface area is 71.3 Å². The van der Waals surface area contributed by atoms with Crippen LogP contribution in [0.5, 0.6) is 0 Å². The van der Waals surface area contributed by atoms with Gasteiger partial charge >= 0.3 is 0 Å². The van der Waals surface area contributed by atoms with Crippen molar-refractivity contribution in [2.75, 3.05) is 13.2 Å². The number of aliphatic hydroxyl groups is 1. The Hall–Kier alpha value is -1.06. The molecule has 3 nitrogen and oxygen atoms in total. The van der Waals surface area contributed by atoms with Crippen LogP contribution in [0.25, 0.3) is 0 Å². The van der Waals surface area contributed by atoms with Gasteiger partial charge in [0.1, 0.15) is 11.9 Å². The van der Waals surface area contributed by atoms with E-state index in [1.807, 2.05) is 0 Å². The van der Waals surface area contributed by atoms with Crippen molar-refractivity contribution >= 4 is 0 Å². The van der Waals surface area contributed by atoms with Crippen molar-refractivity contribution in [2.45, 2.75) is 6.10 Å². The van der Waals surface area contributed by atoms with Gasteiger partial charge in [-0.15, -0.1) is 6.58 Å². The molecule has 1 unspecified atom stereocenters. The molecule has 0 bridgehead atoms. The van der Waals surface area contributed by atoms with Crippen LogP contribution in [0.1, 0.15) is 11.9 Å². The molecule has 1 N–H and O–H groups in total. The zero-order valence-electron chi connectivity index (χ0n) is 6.77. The summed E-state index contributed by atoms with van der Waals surface area (Å²) in [6.07, 6.45) is 2.80. The predicted octanol–water partition coefficient (Wildman–Crippen LogP) is 1.52. The summed E-state index contributed by atoms with van der Waals surface area (Å²) in [5.74, 6) is 0.638. The van der Waals surface area contributed by atoms with Crippen molar-refractivity contribution in [3.8, 4) is 0 Å². The average Bonchev–Trinajstić information content (AvgIpc) is 2.59. The van der Waals surface area contributed by atoms with E-state index in [1.54, 1.807) is 24.5 Å². The molecule has 1 heterocycles. The Kier molecular flexibility index (Phi) is 3.57. The van der Waals surface area contributed by atoms with Crippen LogP contribution in [-0.4, -0.2) is 18.3 Å². The van der Waals surface area contributed by atoms with E-state index in [1.165, 1.54) is 0 Å². The van der Waals surface area contributed by atoms with Crippen LogP contribution >= 0.6 is 0 Å². The Morgan fingerprint density at radius 2 is 2.58 bits per heavy atom. The molecular formula is C9H12O3. The normalized spacial score (nSPS) is 12.8. The first kappa shape index (κ1) is 9.03. The second-order valence-electron chi connectivity index (χ2n) is 2.31. The standard InChI is InChI=1S/C9H12O3/c1-2-5-11-9(7-10)8-4-3-6-12-8/h2-4,6,9-10H,1,5,7H2. The number of hydrogen-bond donors (Lipinski definition) is 1. The zero-order valence-corrected chi connectivity index (χ0v) is 6.77. The molecule has 0 aliphatic rings. The smallest absolute Gasteiger partial charge is 0.138 e. The summed E-state index contributed by atoms with van der Waals surface area (Å²) >= 11 is 0. The second kappa shape index (κ2) is 4.74. The second-order valence-corrected chi connectivity index (χ2v) is 2.31. The van der Waals surface area contributed by atoms with Gasteiger partial charge in [-0.05, 0) is 12.1 Å². The fourth-order valence-corrected chi connectivity index (χ4v) is 0.883. The molecule has 3 heteroatoms. The van der Waals surface area contributed by atoms with E-state index < -0.39 is 0 Å². The molecule has 0 saturated heterocycles. The summed E-state index contributed by atoms with van der Waals surface area (Å²) in [6.45, 7) is 3.84. The first-order valence-electron chi connectivity index (χ1n) is 3.75. The molecule has 0 fully saturated rings. The van der Waals surface area contributed by atoms with Crippen molar-refractivity contribution in [1.82, 2.24) is 0 Å². The lowest BCUT2D eigenvalue weighted by Crippen LogP contribution is -2.07. The minimum absolute atomic E-state index is 0.0820. The van der Waals surface area contributed by atoms with E-state index in [-0.39, 0.29) is 12.7 Å². The van der Waals surface area contributed by atoms with E-state index >= 15 is 0 Å². The van der Waals surface area contributed by atoms with E-state index in [0.29, 0.717) is 12.4 Å². The van der Waals surface area contributed by atoms with Gasteiger partial charge in [-0.2, -0.15) is 0 Å². The zero-order chi connectivity index (χ0) is 8.81. The summed E-state index contributed by atoms with van der Waals surface area (Å²) in [4.78, 5) is 0. The molecule has 0 aromatic carbocycles. The third-order valence-corrected chi connectivity index (χ3v) is 1.44. The lowest BCUT2D eigenvalue weighted by molar-refractivity contribution is 0.0138. The Balaban J connectivity index is 2.51. The molecule has 1 rings (SSSR count). The molecular weight excluding hydrogens is 156 g/mol. The summed E-state index contributed by atoms with van der Waals surface area (Å²) in [5, 5.41) is 8.91. The van der Waals surface area contributed by atoms with E-state index in [4.69, 9.17) is 14.3 Å². The molecule has 0 aliphatic carbocycles. The van der Waals surface area contributed by atoms with Crippen molar-refractivity contribution in [3.63, 3.8) is 0 Å². The molecule has 12 heavy (non-hydrogen) atoms. The number of furan rings is 1. The fourth-order valence-electron chi connectivity index (χ4n) is 0.883. The summed E-state index contributed by atoms with van der Waals surface area (Å²) < 4.78 is 10.3. The summed E-state index contributed by atoms with van der Waals surface area (Å²) in [7, 11) is 0. The number of rotatable bonds is 5. The lowest BCUT2D eigenvalue weighted by Gasteiger charge is -2.10. The molecule has 0 radical (unpaired) electrons. The first-order valence-corrected chi connectivity index (χ1v) is 3.75. The van der Waals surface area contributed by atoms with E-state index in [0.717, 1.165) is 0 Å². The minimum Gasteiger partial charge on any atom is -0.466 e. The molecule has 1 aromatic heterocycles. The first-order chi connectivity index (χ1) is 5.88. The molecule has 0 saturated carbocycles. The van der Waals surface area contributed by atoms with Crippen LogP contribution in [-0.2, 0) is 4.74 Å². The number of hydrogen-bond acceptors (Lipinski definition) is 3. The third-order valence-electron chi connectivity index (χ3n) is 1.44. The van der Waals surface area contributed by atoms with Gasteiger partial charge in [0.05, 0.1) is 19.5 Å². The summed E-state index contributed by atoms with van der Waals surface area (Å²) in [6, 6.07) is 3.53. The van der Waals surface area contributed by atoms with Crippen LogP contribution in [0, 0.1) is 0 Å². The predicted molar refractivity (Wildman–Crippen MR) is 44.7 cm³/mol. The monoisotopic (exact) mass is 168 g/mol. The third kappa shape index (κ3) is 2.22. The maximum absolute atomic E-state index is 8.91. The maximum atomic E-state index is 8.91. The number of aliphatic hydroxyl groups excluding tert-OH is 1. The van der Waals surface area contributed by atoms with Crippen LogP contribution < -0.4 is 0 Å². The van der Waals surface area contributed by atoms with Crippen LogP contribution in [0.3, 0.4) is 0 Å². The highest BCUT2D eigenvalue weighted by molar-refractivity contribution is 5.02. The fraction of sp³-hybridized carbons (Fsp3) is 0.333. The minimum atomic E-state index is -0.377. The highest BCUT2D eigenvalue weighted by Gasteiger charge is 2.12. The van der Waals surface area contributed by atoms with Gasteiger partial charge in [-0.25, -0.2) is 0 Å². The highest BCUT2D eigenvalue weighted by atomic mass is 16.5. The van der Waals surface area contributed by atoms with E-state index in [9.17, 15) is 0 Å². The van der Waals surface area contributed by atoms with Crippen LogP contribution in [0.2, 0.25) is 0 Å². The van der Waals surface area contributed by atoms with Gasteiger partial charge in [0, 0.05) is 0 Å². The van der Waals surface area contributed by atoms with Gasteiger partial charge < -0.3 is 14.3 Å². The quantitative estimate of drug-likeness (QED) is 0.678. The van der Waals surface area contributed by atoms with Crippen LogP contribution in [0.15, 0.2) is 35.5 Å². The Bertz CT molecular complexity index is 216. The molecule has 0 aliphatic heterocycles. The highest BCUT2D eigenvalue weighted by Crippen LogP contribution is 2.16. The Morgan fingerprint density at radius 1 is 1.75 bits per heavy atom. The van der Waals surface area contributed by atoms with Crippen molar-refractivity contribution in [2.24, 2.45) is 0 Å². The van der Waals surface area contributed by atoms with Crippen LogP contribution in [0.4, 0.5) is 0 Å². The molecule has 0 amide bonds. The molecule has 0 spiro atoms. The van der Waals surface area contributed by atoms with Gasteiger partial charge in [-0.3, -0.25) is 0 Å². The van der Waals surface area contributed by atoms with Crippen molar-refractivity contribution < 1.29 is 14.3 Å². The lowest BCUT2D eigenvalue weighted by atomic mass is 10.3. The van der Waals surface area contributed by atoms with Crippen molar-refractivity contribution in [1.29, 1.82) is 0 Å². The largest absolute Gasteiger partial charge is 0.466 e.